The van der Waals surface area contributed by atoms with Crippen LogP contribution in [-0.4, -0.2) is 23.2 Å². The normalized spacial score (nSPS) is 13.1. The van der Waals surface area contributed by atoms with E-state index >= 15 is 0 Å². The predicted octanol–water partition coefficient (Wildman–Crippen LogP) is 3.12. The molecule has 1 aromatic heterocycles. The Morgan fingerprint density at radius 1 is 1.26 bits per heavy atom. The lowest BCUT2D eigenvalue weighted by Gasteiger charge is -2.29. The van der Waals surface area contributed by atoms with Crippen LogP contribution < -0.4 is 15.5 Å². The molecule has 0 unspecified atom stereocenters. The standard InChI is InChI=1S/C18H20N4S/c1-2-10-19-18(23)21-16-7-8-17(20-12-16)22-11-9-14-5-3-4-6-15(14)13-22/h2-8,12H,1,9-11,13H2,(H2,19,21,23). The van der Waals surface area contributed by atoms with Crippen LogP contribution >= 0.6 is 12.2 Å². The second kappa shape index (κ2) is 7.24. The van der Waals surface area contributed by atoms with Crippen LogP contribution in [0, 0.1) is 0 Å². The van der Waals surface area contributed by atoms with Gasteiger partial charge in [-0.1, -0.05) is 30.3 Å². The second-order valence-corrected chi connectivity index (χ2v) is 5.88. The smallest absolute Gasteiger partial charge is 0.171 e. The number of fused-ring (bicyclic) bond motifs is 1. The van der Waals surface area contributed by atoms with E-state index < -0.39 is 0 Å². The topological polar surface area (TPSA) is 40.2 Å². The molecule has 4 nitrogen and oxygen atoms in total. The molecule has 0 saturated carbocycles. The molecule has 23 heavy (non-hydrogen) atoms. The molecular weight excluding hydrogens is 304 g/mol. The van der Waals surface area contributed by atoms with E-state index in [0.29, 0.717) is 11.7 Å². The van der Waals surface area contributed by atoms with Gasteiger partial charge in [-0.2, -0.15) is 0 Å². The Morgan fingerprint density at radius 3 is 2.83 bits per heavy atom. The van der Waals surface area contributed by atoms with E-state index in [1.54, 1.807) is 6.08 Å². The summed E-state index contributed by atoms with van der Waals surface area (Å²) < 4.78 is 0. The zero-order valence-electron chi connectivity index (χ0n) is 13.0. The lowest BCUT2D eigenvalue weighted by molar-refractivity contribution is 0.721. The molecule has 0 bridgehead atoms. The minimum atomic E-state index is 0.575. The Labute approximate surface area is 142 Å². The number of nitrogens with one attached hydrogen (secondary N) is 2. The Hall–Kier alpha value is -2.40. The average Bonchev–Trinajstić information content (AvgIpc) is 2.60. The largest absolute Gasteiger partial charge is 0.359 e. The van der Waals surface area contributed by atoms with Crippen LogP contribution in [0.5, 0.6) is 0 Å². The van der Waals surface area contributed by atoms with Crippen molar-refractivity contribution in [1.82, 2.24) is 10.3 Å². The van der Waals surface area contributed by atoms with Gasteiger partial charge in [-0.05, 0) is 41.9 Å². The number of rotatable bonds is 4. The van der Waals surface area contributed by atoms with Crippen LogP contribution in [0.3, 0.4) is 0 Å². The summed E-state index contributed by atoms with van der Waals surface area (Å²) in [5.74, 6) is 0.995. The third kappa shape index (κ3) is 3.87. The van der Waals surface area contributed by atoms with Crippen molar-refractivity contribution >= 4 is 28.8 Å². The van der Waals surface area contributed by atoms with Crippen molar-refractivity contribution in [1.29, 1.82) is 0 Å². The highest BCUT2D eigenvalue weighted by Crippen LogP contribution is 2.23. The fourth-order valence-electron chi connectivity index (χ4n) is 2.68. The summed E-state index contributed by atoms with van der Waals surface area (Å²) >= 11 is 5.20. The zero-order chi connectivity index (χ0) is 16.1. The molecule has 0 amide bonds. The van der Waals surface area contributed by atoms with Crippen molar-refractivity contribution in [3.63, 3.8) is 0 Å². The lowest BCUT2D eigenvalue weighted by atomic mass is 10.00. The van der Waals surface area contributed by atoms with E-state index in [4.69, 9.17) is 12.2 Å². The van der Waals surface area contributed by atoms with Crippen molar-refractivity contribution in [3.05, 3.63) is 66.4 Å². The van der Waals surface area contributed by atoms with Gasteiger partial charge in [0.25, 0.3) is 0 Å². The number of aromatic nitrogens is 1. The molecule has 0 aliphatic carbocycles. The molecule has 5 heteroatoms. The van der Waals surface area contributed by atoms with E-state index in [2.05, 4.69) is 51.4 Å². The van der Waals surface area contributed by atoms with Crippen LogP contribution in [-0.2, 0) is 13.0 Å². The first-order chi connectivity index (χ1) is 11.3. The molecule has 2 aromatic rings. The highest BCUT2D eigenvalue weighted by Gasteiger charge is 2.16. The van der Waals surface area contributed by atoms with Crippen molar-refractivity contribution in [3.8, 4) is 0 Å². The molecule has 2 N–H and O–H groups in total. The Morgan fingerprint density at radius 2 is 2.09 bits per heavy atom. The highest BCUT2D eigenvalue weighted by molar-refractivity contribution is 7.80. The Balaban J connectivity index is 1.64. The first kappa shape index (κ1) is 15.5. The molecule has 2 heterocycles. The monoisotopic (exact) mass is 324 g/mol. The highest BCUT2D eigenvalue weighted by atomic mass is 32.1. The summed E-state index contributed by atoms with van der Waals surface area (Å²) in [6.45, 7) is 6.20. The van der Waals surface area contributed by atoms with Gasteiger partial charge in [-0.3, -0.25) is 0 Å². The Kier molecular flexibility index (Phi) is 4.88. The predicted molar refractivity (Wildman–Crippen MR) is 99.9 cm³/mol. The van der Waals surface area contributed by atoms with E-state index in [-0.39, 0.29) is 0 Å². The van der Waals surface area contributed by atoms with Gasteiger partial charge in [0.05, 0.1) is 11.9 Å². The molecule has 1 aliphatic heterocycles. The van der Waals surface area contributed by atoms with Crippen LogP contribution in [0.25, 0.3) is 0 Å². The fraction of sp³-hybridized carbons (Fsp3) is 0.222. The maximum atomic E-state index is 5.20. The maximum Gasteiger partial charge on any atom is 0.171 e. The van der Waals surface area contributed by atoms with Gasteiger partial charge >= 0.3 is 0 Å². The molecule has 0 saturated heterocycles. The number of pyridine rings is 1. The molecular formula is C18H20N4S. The number of hydrogen-bond donors (Lipinski definition) is 2. The molecule has 0 fully saturated rings. The van der Waals surface area contributed by atoms with Crippen LogP contribution in [0.1, 0.15) is 11.1 Å². The minimum absolute atomic E-state index is 0.575. The van der Waals surface area contributed by atoms with E-state index in [0.717, 1.165) is 31.0 Å². The van der Waals surface area contributed by atoms with E-state index in [1.165, 1.54) is 11.1 Å². The summed E-state index contributed by atoms with van der Waals surface area (Å²) in [4.78, 5) is 6.87. The molecule has 118 valence electrons. The van der Waals surface area contributed by atoms with Crippen molar-refractivity contribution < 1.29 is 0 Å². The summed E-state index contributed by atoms with van der Waals surface area (Å²) in [5, 5.41) is 6.72. The average molecular weight is 324 g/mol. The summed E-state index contributed by atoms with van der Waals surface area (Å²) in [7, 11) is 0. The van der Waals surface area contributed by atoms with Gasteiger partial charge in [0.15, 0.2) is 5.11 Å². The van der Waals surface area contributed by atoms with Crippen molar-refractivity contribution in [2.24, 2.45) is 0 Å². The number of anilines is 2. The van der Waals surface area contributed by atoms with Gasteiger partial charge in [-0.25, -0.2) is 4.98 Å². The first-order valence-corrected chi connectivity index (χ1v) is 8.10. The first-order valence-electron chi connectivity index (χ1n) is 7.70. The Bertz CT molecular complexity index is 696. The van der Waals surface area contributed by atoms with Crippen molar-refractivity contribution in [2.75, 3.05) is 23.3 Å². The van der Waals surface area contributed by atoms with Gasteiger partial charge in [-0.15, -0.1) is 6.58 Å². The maximum absolute atomic E-state index is 5.20. The summed E-state index contributed by atoms with van der Waals surface area (Å²) in [6.07, 6.45) is 4.65. The third-order valence-corrected chi connectivity index (χ3v) is 4.11. The molecule has 3 rings (SSSR count). The number of hydrogen-bond acceptors (Lipinski definition) is 3. The van der Waals surface area contributed by atoms with E-state index in [9.17, 15) is 0 Å². The van der Waals surface area contributed by atoms with Crippen LogP contribution in [0.2, 0.25) is 0 Å². The fourth-order valence-corrected chi connectivity index (χ4v) is 2.88. The summed E-state index contributed by atoms with van der Waals surface area (Å²) in [6, 6.07) is 12.7. The number of benzene rings is 1. The quantitative estimate of drug-likeness (QED) is 0.668. The van der Waals surface area contributed by atoms with E-state index in [1.807, 2.05) is 18.3 Å². The molecule has 1 aromatic carbocycles. The lowest BCUT2D eigenvalue weighted by Crippen LogP contribution is -2.31. The van der Waals surface area contributed by atoms with Crippen LogP contribution in [0.15, 0.2) is 55.3 Å². The third-order valence-electron chi connectivity index (χ3n) is 3.87. The second-order valence-electron chi connectivity index (χ2n) is 5.47. The molecule has 0 radical (unpaired) electrons. The zero-order valence-corrected chi connectivity index (χ0v) is 13.8. The SMILES string of the molecule is C=CCNC(=S)Nc1ccc(N2CCc3ccccc3C2)nc1. The van der Waals surface area contributed by atoms with Crippen molar-refractivity contribution in [2.45, 2.75) is 13.0 Å². The molecule has 0 spiro atoms. The number of nitrogens with zero attached hydrogens (tertiary/aromatic N) is 2. The van der Waals surface area contributed by atoms with Gasteiger partial charge in [0.1, 0.15) is 5.82 Å². The number of thiocarbonyl (C=S) groups is 1. The van der Waals surface area contributed by atoms with Gasteiger partial charge in [0, 0.05) is 19.6 Å². The molecule has 0 atom stereocenters. The van der Waals surface area contributed by atoms with Gasteiger partial charge in [0.2, 0.25) is 0 Å². The molecule has 1 aliphatic rings. The van der Waals surface area contributed by atoms with Gasteiger partial charge < -0.3 is 15.5 Å². The van der Waals surface area contributed by atoms with Crippen LogP contribution in [0.4, 0.5) is 11.5 Å². The summed E-state index contributed by atoms with van der Waals surface area (Å²) in [5.41, 5.74) is 3.71. The minimum Gasteiger partial charge on any atom is -0.359 e.